The molecule has 1 saturated carbocycles. The van der Waals surface area contributed by atoms with E-state index in [-0.39, 0.29) is 30.7 Å². The average Bonchev–Trinajstić information content (AvgIpc) is 3.54. The lowest BCUT2D eigenvalue weighted by atomic mass is 10.0. The molecule has 3 heterocycles. The number of hydrogen-bond donors (Lipinski definition) is 0. The van der Waals surface area contributed by atoms with Gasteiger partial charge in [-0.3, -0.25) is 4.68 Å². The number of rotatable bonds is 9. The summed E-state index contributed by atoms with van der Waals surface area (Å²) in [5.41, 5.74) is -0.835. The third kappa shape index (κ3) is 6.22. The lowest BCUT2D eigenvalue weighted by molar-refractivity contribution is -0.143. The zero-order chi connectivity index (χ0) is 29.7. The molecule has 0 unspecified atom stereocenters. The van der Waals surface area contributed by atoms with Crippen LogP contribution in [0.15, 0.2) is 24.3 Å². The molecule has 1 fully saturated rings. The average molecular weight is 582 g/mol. The molecule has 0 bridgehead atoms. The number of aryl methyl sites for hydroxylation is 3. The van der Waals surface area contributed by atoms with Crippen LogP contribution >= 0.6 is 0 Å². The second-order valence-corrected chi connectivity index (χ2v) is 10.4. The molecule has 220 valence electrons. The number of benzene rings is 1. The Morgan fingerprint density at radius 3 is 2.10 bits per heavy atom. The van der Waals surface area contributed by atoms with Gasteiger partial charge in [-0.15, -0.1) is 5.10 Å². The predicted molar refractivity (Wildman–Crippen MR) is 139 cm³/mol. The van der Waals surface area contributed by atoms with E-state index in [1.54, 1.807) is 11.7 Å². The molecule has 0 radical (unpaired) electrons. The van der Waals surface area contributed by atoms with Crippen LogP contribution in [-0.2, 0) is 39.5 Å². The molecule has 0 N–H and O–H groups in total. The van der Waals surface area contributed by atoms with E-state index in [2.05, 4.69) is 25.4 Å². The van der Waals surface area contributed by atoms with Crippen molar-refractivity contribution in [2.24, 2.45) is 20.0 Å². The number of alkyl halides is 6. The second-order valence-electron chi connectivity index (χ2n) is 10.4. The highest BCUT2D eigenvalue weighted by atomic mass is 19.4. The summed E-state index contributed by atoms with van der Waals surface area (Å²) in [5, 5.41) is 17.3. The van der Waals surface area contributed by atoms with Gasteiger partial charge < -0.3 is 9.80 Å². The number of aromatic nitrogens is 7. The third-order valence-electron chi connectivity index (χ3n) is 7.07. The molecule has 1 aliphatic rings. The van der Waals surface area contributed by atoms with E-state index in [9.17, 15) is 26.3 Å². The molecule has 9 nitrogen and oxygen atoms in total. The standard InChI is InChI=1S/C26H29F6N9/c1-5-40(12-16-6-7-16)22-18(10-21-15(2)35-38(3)23(21)33-22)14-41(24-34-37-39(4)36-24)13-17-8-19(25(27,28)29)11-20(9-17)26(30,31)32/h8-11,16H,5-7,12-14H2,1-4H3. The first-order valence-corrected chi connectivity index (χ1v) is 13.1. The Balaban J connectivity index is 1.60. The first-order chi connectivity index (χ1) is 19.2. The molecule has 0 spiro atoms. The SMILES string of the molecule is CCN(CC1CC1)c1nc2c(cc1CN(Cc1cc(C(F)(F)F)cc(C(F)(F)F)c1)c1nnn(C)n1)c(C)nn2C. The summed E-state index contributed by atoms with van der Waals surface area (Å²) in [6.07, 6.45) is -7.69. The fourth-order valence-corrected chi connectivity index (χ4v) is 4.88. The summed E-state index contributed by atoms with van der Waals surface area (Å²) in [5.74, 6) is 1.26. The van der Waals surface area contributed by atoms with Gasteiger partial charge in [0.05, 0.1) is 23.9 Å². The van der Waals surface area contributed by atoms with Crippen LogP contribution in [0.4, 0.5) is 38.1 Å². The molecule has 1 aliphatic carbocycles. The number of hydrogen-bond acceptors (Lipinski definition) is 7. The molecular weight excluding hydrogens is 552 g/mol. The highest BCUT2D eigenvalue weighted by Crippen LogP contribution is 2.37. The van der Waals surface area contributed by atoms with Crippen LogP contribution in [0.25, 0.3) is 11.0 Å². The van der Waals surface area contributed by atoms with Gasteiger partial charge in [0.2, 0.25) is 0 Å². The first kappa shape index (κ1) is 28.6. The summed E-state index contributed by atoms with van der Waals surface area (Å²) in [4.78, 5) is 9.76. The Bertz CT molecular complexity index is 1520. The molecule has 5 rings (SSSR count). The van der Waals surface area contributed by atoms with Crippen LogP contribution in [0.1, 0.15) is 47.7 Å². The minimum absolute atomic E-state index is 0.0526. The van der Waals surface area contributed by atoms with Crippen LogP contribution in [0.5, 0.6) is 0 Å². The Morgan fingerprint density at radius 1 is 0.902 bits per heavy atom. The van der Waals surface area contributed by atoms with Crippen molar-refractivity contribution in [2.45, 2.75) is 52.1 Å². The smallest absolute Gasteiger partial charge is 0.356 e. The molecule has 4 aromatic rings. The molecular formula is C26H29F6N9. The highest BCUT2D eigenvalue weighted by Gasteiger charge is 2.37. The molecule has 0 atom stereocenters. The second kappa shape index (κ2) is 10.5. The van der Waals surface area contributed by atoms with E-state index in [4.69, 9.17) is 4.98 Å². The fourth-order valence-electron chi connectivity index (χ4n) is 4.88. The Labute approximate surface area is 231 Å². The van der Waals surface area contributed by atoms with Gasteiger partial charge in [0.25, 0.3) is 5.95 Å². The van der Waals surface area contributed by atoms with Gasteiger partial charge >= 0.3 is 12.4 Å². The summed E-state index contributed by atoms with van der Waals surface area (Å²) in [6, 6.07) is 3.48. The van der Waals surface area contributed by atoms with Crippen molar-refractivity contribution in [3.05, 3.63) is 52.2 Å². The van der Waals surface area contributed by atoms with E-state index in [1.807, 2.05) is 19.9 Å². The molecule has 0 saturated heterocycles. The maximum Gasteiger partial charge on any atom is 0.416 e. The van der Waals surface area contributed by atoms with Crippen LogP contribution < -0.4 is 9.80 Å². The van der Waals surface area contributed by atoms with Gasteiger partial charge in [-0.1, -0.05) is 5.10 Å². The van der Waals surface area contributed by atoms with E-state index >= 15 is 0 Å². The number of nitrogens with zero attached hydrogens (tertiary/aromatic N) is 9. The lowest BCUT2D eigenvalue weighted by Crippen LogP contribution is -2.30. The third-order valence-corrected chi connectivity index (χ3v) is 7.07. The number of fused-ring (bicyclic) bond motifs is 1. The summed E-state index contributed by atoms with van der Waals surface area (Å²) in [7, 11) is 3.32. The fraction of sp³-hybridized carbons (Fsp3) is 0.500. The summed E-state index contributed by atoms with van der Waals surface area (Å²) in [6.45, 7) is 5.01. The molecule has 41 heavy (non-hydrogen) atoms. The van der Waals surface area contributed by atoms with Crippen LogP contribution in [-0.4, -0.2) is 48.1 Å². The quantitative estimate of drug-likeness (QED) is 0.249. The number of pyridine rings is 1. The van der Waals surface area contributed by atoms with Crippen molar-refractivity contribution in [1.82, 2.24) is 35.0 Å². The molecule has 1 aromatic carbocycles. The Kier molecular flexibility index (Phi) is 7.32. The Hall–Kier alpha value is -3.91. The maximum absolute atomic E-state index is 13.6. The van der Waals surface area contributed by atoms with Gasteiger partial charge in [-0.05, 0) is 67.6 Å². The van der Waals surface area contributed by atoms with Crippen molar-refractivity contribution in [2.75, 3.05) is 22.9 Å². The zero-order valence-corrected chi connectivity index (χ0v) is 22.9. The Morgan fingerprint density at radius 2 is 1.56 bits per heavy atom. The van der Waals surface area contributed by atoms with Gasteiger partial charge in [-0.25, -0.2) is 4.98 Å². The largest absolute Gasteiger partial charge is 0.416 e. The van der Waals surface area contributed by atoms with Crippen LogP contribution in [0, 0.1) is 12.8 Å². The maximum atomic E-state index is 13.6. The van der Waals surface area contributed by atoms with Crippen molar-refractivity contribution >= 4 is 22.8 Å². The van der Waals surface area contributed by atoms with Crippen LogP contribution in [0.3, 0.4) is 0 Å². The van der Waals surface area contributed by atoms with Crippen molar-refractivity contribution in [3.8, 4) is 0 Å². The van der Waals surface area contributed by atoms with Gasteiger partial charge in [0.15, 0.2) is 5.65 Å². The molecule has 0 amide bonds. The highest BCUT2D eigenvalue weighted by molar-refractivity contribution is 5.81. The molecule has 15 heteroatoms. The first-order valence-electron chi connectivity index (χ1n) is 13.1. The minimum atomic E-state index is -4.96. The number of anilines is 2. The number of tetrazole rings is 1. The normalized spacial score (nSPS) is 14.2. The zero-order valence-electron chi connectivity index (χ0n) is 22.9. The molecule has 3 aromatic heterocycles. The van der Waals surface area contributed by atoms with E-state index in [1.165, 1.54) is 16.7 Å². The number of halogens is 6. The monoisotopic (exact) mass is 581 g/mol. The minimum Gasteiger partial charge on any atom is -0.356 e. The van der Waals surface area contributed by atoms with Crippen LogP contribution in [0.2, 0.25) is 0 Å². The molecule has 0 aliphatic heterocycles. The summed E-state index contributed by atoms with van der Waals surface area (Å²) < 4.78 is 83.2. The van der Waals surface area contributed by atoms with Crippen molar-refractivity contribution < 1.29 is 26.3 Å². The van der Waals surface area contributed by atoms with E-state index in [0.717, 1.165) is 42.6 Å². The van der Waals surface area contributed by atoms with Gasteiger partial charge in [0.1, 0.15) is 5.82 Å². The van der Waals surface area contributed by atoms with Crippen molar-refractivity contribution in [1.29, 1.82) is 0 Å². The summed E-state index contributed by atoms with van der Waals surface area (Å²) >= 11 is 0. The van der Waals surface area contributed by atoms with Gasteiger partial charge in [-0.2, -0.15) is 36.2 Å². The van der Waals surface area contributed by atoms with E-state index in [0.29, 0.717) is 29.5 Å². The topological polar surface area (TPSA) is 80.8 Å². The predicted octanol–water partition coefficient (Wildman–Crippen LogP) is 5.28. The lowest BCUT2D eigenvalue weighted by Gasteiger charge is -2.28. The van der Waals surface area contributed by atoms with E-state index < -0.39 is 23.5 Å². The van der Waals surface area contributed by atoms with Crippen molar-refractivity contribution in [3.63, 3.8) is 0 Å². The van der Waals surface area contributed by atoms with Gasteiger partial charge in [0, 0.05) is 44.2 Å².